The molecule has 0 aliphatic heterocycles. The number of benzene rings is 1. The van der Waals surface area contributed by atoms with E-state index in [0.717, 1.165) is 15.8 Å². The minimum absolute atomic E-state index is 0.148. The van der Waals surface area contributed by atoms with Crippen LogP contribution in [0.3, 0.4) is 0 Å². The molecule has 0 saturated heterocycles. The summed E-state index contributed by atoms with van der Waals surface area (Å²) in [4.78, 5) is 11.8. The molecule has 0 aliphatic carbocycles. The normalized spacial score (nSPS) is 11.8. The molecule has 2 aromatic rings. The maximum absolute atomic E-state index is 11.8. The third-order valence-electron chi connectivity index (χ3n) is 2.60. The molecule has 106 valence electrons. The van der Waals surface area contributed by atoms with E-state index in [9.17, 15) is 4.79 Å². The zero-order valence-corrected chi connectivity index (χ0v) is 13.3. The number of methoxy groups -OCH3 is 1. The first-order chi connectivity index (χ1) is 9.60. The number of rotatable bonds is 4. The zero-order valence-electron chi connectivity index (χ0n) is 10.9. The first-order valence-corrected chi connectivity index (χ1v) is 7.44. The van der Waals surface area contributed by atoms with Gasteiger partial charge in [0, 0.05) is 0 Å². The number of nitrogens with one attached hydrogen (secondary N) is 2. The molecule has 0 fully saturated rings. The Hall–Kier alpha value is -1.67. The van der Waals surface area contributed by atoms with Gasteiger partial charge in [-0.25, -0.2) is 4.79 Å². The molecule has 0 spiro atoms. The summed E-state index contributed by atoms with van der Waals surface area (Å²) >= 11 is 4.68. The largest absolute Gasteiger partial charge is 0.496 e. The predicted molar refractivity (Wildman–Crippen MR) is 81.2 cm³/mol. The SMILES string of the molecule is COc1ccc(C(C)NC(=O)Nc2nncs2)cc1Br. The number of anilines is 1. The Bertz CT molecular complexity index is 591. The van der Waals surface area contributed by atoms with Crippen LogP contribution in [0.25, 0.3) is 0 Å². The van der Waals surface area contributed by atoms with Crippen molar-refractivity contribution in [2.24, 2.45) is 0 Å². The van der Waals surface area contributed by atoms with Crippen LogP contribution in [0.15, 0.2) is 28.2 Å². The molecule has 20 heavy (non-hydrogen) atoms. The predicted octanol–water partition coefficient (Wildman–Crippen LogP) is 3.19. The van der Waals surface area contributed by atoms with Crippen molar-refractivity contribution in [3.8, 4) is 5.75 Å². The third-order valence-corrected chi connectivity index (χ3v) is 3.83. The van der Waals surface area contributed by atoms with E-state index < -0.39 is 0 Å². The molecule has 2 N–H and O–H groups in total. The number of ether oxygens (including phenoxy) is 1. The molecule has 8 heteroatoms. The molecule has 2 amide bonds. The van der Waals surface area contributed by atoms with Gasteiger partial charge in [-0.3, -0.25) is 5.32 Å². The van der Waals surface area contributed by atoms with E-state index >= 15 is 0 Å². The van der Waals surface area contributed by atoms with Crippen molar-refractivity contribution in [1.29, 1.82) is 0 Å². The molecular weight excluding hydrogens is 344 g/mol. The lowest BCUT2D eigenvalue weighted by molar-refractivity contribution is 0.249. The first kappa shape index (κ1) is 14.7. The summed E-state index contributed by atoms with van der Waals surface area (Å²) < 4.78 is 6.01. The fourth-order valence-electron chi connectivity index (χ4n) is 1.59. The second-order valence-electron chi connectivity index (χ2n) is 3.96. The van der Waals surface area contributed by atoms with E-state index in [1.807, 2.05) is 25.1 Å². The highest BCUT2D eigenvalue weighted by molar-refractivity contribution is 9.10. The molecular formula is C12H13BrN4O2S. The molecule has 1 aromatic carbocycles. The van der Waals surface area contributed by atoms with E-state index in [-0.39, 0.29) is 12.1 Å². The summed E-state index contributed by atoms with van der Waals surface area (Å²) in [5, 5.41) is 13.3. The second-order valence-corrected chi connectivity index (χ2v) is 5.65. The number of aromatic nitrogens is 2. The molecule has 6 nitrogen and oxygen atoms in total. The molecule has 0 radical (unpaired) electrons. The van der Waals surface area contributed by atoms with E-state index in [1.165, 1.54) is 11.3 Å². The summed E-state index contributed by atoms with van der Waals surface area (Å²) in [6.07, 6.45) is 0. The molecule has 0 aliphatic rings. The van der Waals surface area contributed by atoms with Gasteiger partial charge in [0.25, 0.3) is 0 Å². The van der Waals surface area contributed by atoms with Crippen LogP contribution in [0, 0.1) is 0 Å². The van der Waals surface area contributed by atoms with Gasteiger partial charge in [-0.15, -0.1) is 10.2 Å². The van der Waals surface area contributed by atoms with Gasteiger partial charge in [0.05, 0.1) is 17.6 Å². The van der Waals surface area contributed by atoms with Crippen molar-refractivity contribution in [3.63, 3.8) is 0 Å². The number of carbonyl (C=O) groups is 1. The zero-order chi connectivity index (χ0) is 14.5. The van der Waals surface area contributed by atoms with Crippen molar-refractivity contribution in [2.75, 3.05) is 12.4 Å². The summed E-state index contributed by atoms with van der Waals surface area (Å²) in [5.74, 6) is 0.749. The highest BCUT2D eigenvalue weighted by Gasteiger charge is 2.12. The van der Waals surface area contributed by atoms with Crippen molar-refractivity contribution in [1.82, 2.24) is 15.5 Å². The Morgan fingerprint density at radius 1 is 1.50 bits per heavy atom. The number of nitrogens with zero attached hydrogens (tertiary/aromatic N) is 2. The van der Waals surface area contributed by atoms with E-state index in [1.54, 1.807) is 12.6 Å². The Morgan fingerprint density at radius 3 is 2.90 bits per heavy atom. The molecule has 1 aromatic heterocycles. The third kappa shape index (κ3) is 3.67. The number of hydrogen-bond donors (Lipinski definition) is 2. The van der Waals surface area contributed by atoms with Crippen LogP contribution in [-0.2, 0) is 0 Å². The fourth-order valence-corrected chi connectivity index (χ4v) is 2.59. The lowest BCUT2D eigenvalue weighted by Gasteiger charge is -2.15. The van der Waals surface area contributed by atoms with Crippen LogP contribution in [0.5, 0.6) is 5.75 Å². The second kappa shape index (κ2) is 6.67. The average Bonchev–Trinajstić information content (AvgIpc) is 2.91. The van der Waals surface area contributed by atoms with E-state index in [2.05, 4.69) is 36.8 Å². The monoisotopic (exact) mass is 356 g/mol. The molecule has 1 heterocycles. The van der Waals surface area contributed by atoms with Gasteiger partial charge >= 0.3 is 6.03 Å². The average molecular weight is 357 g/mol. The fraction of sp³-hybridized carbons (Fsp3) is 0.250. The van der Waals surface area contributed by atoms with Crippen LogP contribution in [0.1, 0.15) is 18.5 Å². The Morgan fingerprint density at radius 2 is 2.30 bits per heavy atom. The van der Waals surface area contributed by atoms with Gasteiger partial charge < -0.3 is 10.1 Å². The van der Waals surface area contributed by atoms with Gasteiger partial charge in [0.15, 0.2) is 0 Å². The van der Waals surface area contributed by atoms with Crippen molar-refractivity contribution in [2.45, 2.75) is 13.0 Å². The van der Waals surface area contributed by atoms with Crippen molar-refractivity contribution < 1.29 is 9.53 Å². The van der Waals surface area contributed by atoms with Crippen molar-refractivity contribution in [3.05, 3.63) is 33.7 Å². The minimum atomic E-state index is -0.318. The first-order valence-electron chi connectivity index (χ1n) is 5.77. The lowest BCUT2D eigenvalue weighted by atomic mass is 10.1. The molecule has 1 atom stereocenters. The summed E-state index contributed by atoms with van der Waals surface area (Å²) in [7, 11) is 1.61. The Balaban J connectivity index is 1.99. The Labute approximate surface area is 128 Å². The van der Waals surface area contributed by atoms with Crippen LogP contribution >= 0.6 is 27.3 Å². The Kier molecular flexibility index (Phi) is 4.91. The molecule has 0 saturated carbocycles. The van der Waals surface area contributed by atoms with Gasteiger partial charge in [-0.05, 0) is 40.5 Å². The van der Waals surface area contributed by atoms with Crippen LogP contribution in [0.4, 0.5) is 9.93 Å². The molecule has 1 unspecified atom stereocenters. The summed E-state index contributed by atoms with van der Waals surface area (Å²) in [6.45, 7) is 1.90. The van der Waals surface area contributed by atoms with E-state index in [0.29, 0.717) is 5.13 Å². The smallest absolute Gasteiger partial charge is 0.321 e. The molecule has 0 bridgehead atoms. The lowest BCUT2D eigenvalue weighted by Crippen LogP contribution is -2.31. The number of carbonyl (C=O) groups excluding carboxylic acids is 1. The van der Waals surface area contributed by atoms with Crippen molar-refractivity contribution >= 4 is 38.4 Å². The highest BCUT2D eigenvalue weighted by Crippen LogP contribution is 2.27. The quantitative estimate of drug-likeness (QED) is 0.881. The van der Waals surface area contributed by atoms with Gasteiger partial charge in [-0.1, -0.05) is 17.4 Å². The van der Waals surface area contributed by atoms with Crippen LogP contribution in [-0.4, -0.2) is 23.3 Å². The molecule has 2 rings (SSSR count). The number of hydrogen-bond acceptors (Lipinski definition) is 5. The summed E-state index contributed by atoms with van der Waals surface area (Å²) in [5.41, 5.74) is 2.52. The number of urea groups is 1. The van der Waals surface area contributed by atoms with Gasteiger partial charge in [-0.2, -0.15) is 0 Å². The standard InChI is InChI=1S/C12H13BrN4O2S/c1-7(8-3-4-10(19-2)9(13)5-8)15-11(18)16-12-17-14-6-20-12/h3-7H,1-2H3,(H2,15,16,17,18). The number of halogens is 1. The highest BCUT2D eigenvalue weighted by atomic mass is 79.9. The van der Waals surface area contributed by atoms with Gasteiger partial charge in [0.2, 0.25) is 5.13 Å². The van der Waals surface area contributed by atoms with Crippen LogP contribution < -0.4 is 15.4 Å². The summed E-state index contributed by atoms with van der Waals surface area (Å²) in [6, 6.07) is 5.19. The van der Waals surface area contributed by atoms with Gasteiger partial charge in [0.1, 0.15) is 11.3 Å². The maximum Gasteiger partial charge on any atom is 0.321 e. The number of amides is 2. The van der Waals surface area contributed by atoms with Crippen LogP contribution in [0.2, 0.25) is 0 Å². The topological polar surface area (TPSA) is 76.1 Å². The van der Waals surface area contributed by atoms with E-state index in [4.69, 9.17) is 4.74 Å². The minimum Gasteiger partial charge on any atom is -0.496 e. The maximum atomic E-state index is 11.8.